The molecule has 1 aromatic heterocycles. The maximum Gasteiger partial charge on any atom is 0.273 e. The fraction of sp³-hybridized carbons (Fsp3) is 0.500. The molecular weight excluding hydrogens is 366 g/mol. The molecule has 0 atom stereocenters. The molecule has 0 radical (unpaired) electrons. The van der Waals surface area contributed by atoms with Gasteiger partial charge in [0.25, 0.3) is 5.91 Å². The second kappa shape index (κ2) is 9.25. The van der Waals surface area contributed by atoms with Gasteiger partial charge in [-0.15, -0.1) is 0 Å². The number of oxazole rings is 1. The predicted molar refractivity (Wildman–Crippen MR) is 101 cm³/mol. The van der Waals surface area contributed by atoms with Crippen LogP contribution in [0.25, 0.3) is 0 Å². The fourth-order valence-corrected chi connectivity index (χ4v) is 3.07. The molecule has 0 bridgehead atoms. The topological polar surface area (TPSA) is 61.6 Å². The number of rotatable bonds is 7. The first kappa shape index (κ1) is 20.4. The summed E-state index contributed by atoms with van der Waals surface area (Å²) in [6, 6.07) is 4.03. The molecule has 0 saturated carbocycles. The maximum atomic E-state index is 13.3. The van der Waals surface area contributed by atoms with Gasteiger partial charge in [0, 0.05) is 39.3 Å². The van der Waals surface area contributed by atoms with Crippen LogP contribution in [0.5, 0.6) is 0 Å². The van der Waals surface area contributed by atoms with E-state index >= 15 is 0 Å². The molecule has 1 aliphatic heterocycles. The number of carbonyl (C=O) groups excluding carboxylic acids is 1. The van der Waals surface area contributed by atoms with E-state index < -0.39 is 11.6 Å². The number of hydrogen-bond donors (Lipinski definition) is 1. The van der Waals surface area contributed by atoms with E-state index in [4.69, 9.17) is 4.42 Å². The van der Waals surface area contributed by atoms with Crippen molar-refractivity contribution in [2.75, 3.05) is 32.7 Å². The summed E-state index contributed by atoms with van der Waals surface area (Å²) in [6.45, 7) is 9.01. The van der Waals surface area contributed by atoms with Crippen molar-refractivity contribution in [1.82, 2.24) is 20.1 Å². The zero-order valence-corrected chi connectivity index (χ0v) is 16.3. The monoisotopic (exact) mass is 392 g/mol. The van der Waals surface area contributed by atoms with Gasteiger partial charge >= 0.3 is 0 Å². The summed E-state index contributed by atoms with van der Waals surface area (Å²) in [5.74, 6) is -0.966. The van der Waals surface area contributed by atoms with Gasteiger partial charge in [0.1, 0.15) is 6.26 Å². The highest BCUT2D eigenvalue weighted by molar-refractivity contribution is 5.91. The molecule has 1 aromatic carbocycles. The third-order valence-electron chi connectivity index (χ3n) is 4.67. The van der Waals surface area contributed by atoms with Crippen molar-refractivity contribution < 1.29 is 18.0 Å². The van der Waals surface area contributed by atoms with Gasteiger partial charge in [-0.2, -0.15) is 0 Å². The van der Waals surface area contributed by atoms with Gasteiger partial charge in [0.05, 0.1) is 6.54 Å². The highest BCUT2D eigenvalue weighted by atomic mass is 19.2. The Morgan fingerprint density at radius 2 is 1.82 bits per heavy atom. The van der Waals surface area contributed by atoms with Crippen molar-refractivity contribution in [1.29, 1.82) is 0 Å². The number of hydrogen-bond acceptors (Lipinski definition) is 5. The molecule has 28 heavy (non-hydrogen) atoms. The number of carbonyl (C=O) groups is 1. The quantitative estimate of drug-likeness (QED) is 0.785. The number of amides is 1. The third kappa shape index (κ3) is 5.59. The lowest BCUT2D eigenvalue weighted by Crippen LogP contribution is -2.45. The van der Waals surface area contributed by atoms with E-state index in [1.54, 1.807) is 6.07 Å². The molecular formula is C20H26F2N4O2. The number of nitrogens with one attached hydrogen (secondary N) is 1. The fourth-order valence-electron chi connectivity index (χ4n) is 3.07. The van der Waals surface area contributed by atoms with Gasteiger partial charge in [-0.05, 0) is 23.6 Å². The SMILES string of the molecule is CC(C)CNC(=O)c1coc(CN2CCN(Cc3ccc(F)c(F)c3)CC2)n1. The van der Waals surface area contributed by atoms with Crippen LogP contribution in [0.2, 0.25) is 0 Å². The minimum absolute atomic E-state index is 0.222. The molecule has 1 saturated heterocycles. The minimum atomic E-state index is -0.822. The van der Waals surface area contributed by atoms with Crippen molar-refractivity contribution >= 4 is 5.91 Å². The molecule has 3 rings (SSSR count). The molecule has 152 valence electrons. The highest BCUT2D eigenvalue weighted by Crippen LogP contribution is 2.14. The van der Waals surface area contributed by atoms with Crippen LogP contribution in [-0.2, 0) is 13.1 Å². The van der Waals surface area contributed by atoms with Crippen molar-refractivity contribution in [3.8, 4) is 0 Å². The number of nitrogens with zero attached hydrogens (tertiary/aromatic N) is 3. The van der Waals surface area contributed by atoms with Crippen molar-refractivity contribution in [2.45, 2.75) is 26.9 Å². The Morgan fingerprint density at radius 3 is 2.46 bits per heavy atom. The second-order valence-corrected chi connectivity index (χ2v) is 7.53. The van der Waals surface area contributed by atoms with Crippen LogP contribution in [0, 0.1) is 17.6 Å². The van der Waals surface area contributed by atoms with Crippen LogP contribution < -0.4 is 5.32 Å². The summed E-state index contributed by atoms with van der Waals surface area (Å²) in [7, 11) is 0. The molecule has 2 aromatic rings. The average molecular weight is 392 g/mol. The summed E-state index contributed by atoms with van der Waals surface area (Å²) >= 11 is 0. The predicted octanol–water partition coefficient (Wildman–Crippen LogP) is 2.66. The van der Waals surface area contributed by atoms with Gasteiger partial charge in [-0.25, -0.2) is 13.8 Å². The van der Waals surface area contributed by atoms with Crippen LogP contribution in [0.4, 0.5) is 8.78 Å². The Morgan fingerprint density at radius 1 is 1.14 bits per heavy atom. The minimum Gasteiger partial charge on any atom is -0.447 e. The molecule has 1 fully saturated rings. The van der Waals surface area contributed by atoms with E-state index in [9.17, 15) is 13.6 Å². The van der Waals surface area contributed by atoms with Crippen LogP contribution in [0.3, 0.4) is 0 Å². The first-order valence-electron chi connectivity index (χ1n) is 9.52. The third-order valence-corrected chi connectivity index (χ3v) is 4.67. The Balaban J connectivity index is 1.45. The number of piperazine rings is 1. The van der Waals surface area contributed by atoms with E-state index in [2.05, 4.69) is 20.1 Å². The molecule has 2 heterocycles. The van der Waals surface area contributed by atoms with Crippen LogP contribution >= 0.6 is 0 Å². The molecule has 0 unspecified atom stereocenters. The van der Waals surface area contributed by atoms with E-state index in [0.717, 1.165) is 31.7 Å². The van der Waals surface area contributed by atoms with E-state index in [1.165, 1.54) is 18.4 Å². The Kier molecular flexibility index (Phi) is 6.74. The average Bonchev–Trinajstić information content (AvgIpc) is 3.13. The molecule has 1 amide bonds. The van der Waals surface area contributed by atoms with E-state index in [1.807, 2.05) is 13.8 Å². The molecule has 8 heteroatoms. The van der Waals surface area contributed by atoms with Gasteiger partial charge in [-0.1, -0.05) is 19.9 Å². The first-order chi connectivity index (χ1) is 13.4. The summed E-state index contributed by atoms with van der Waals surface area (Å²) < 4.78 is 31.8. The number of halogens is 2. The molecule has 1 aliphatic rings. The Labute approximate surface area is 163 Å². The first-order valence-corrected chi connectivity index (χ1v) is 9.52. The van der Waals surface area contributed by atoms with Crippen molar-refractivity contribution in [2.24, 2.45) is 5.92 Å². The lowest BCUT2D eigenvalue weighted by Gasteiger charge is -2.34. The summed E-state index contributed by atoms with van der Waals surface area (Å²) in [5, 5.41) is 2.82. The normalized spacial score (nSPS) is 15.9. The lowest BCUT2D eigenvalue weighted by atomic mass is 10.2. The number of aromatic nitrogens is 1. The van der Waals surface area contributed by atoms with Gasteiger partial charge in [0.2, 0.25) is 5.89 Å². The second-order valence-electron chi connectivity index (χ2n) is 7.53. The lowest BCUT2D eigenvalue weighted by molar-refractivity contribution is 0.0943. The molecule has 0 spiro atoms. The summed E-state index contributed by atoms with van der Waals surface area (Å²) in [5.41, 5.74) is 1.06. The maximum absolute atomic E-state index is 13.3. The standard InChI is InChI=1S/C20H26F2N4O2/c1-14(2)10-23-20(27)18-13-28-19(24-18)12-26-7-5-25(6-8-26)11-15-3-4-16(21)17(22)9-15/h3-4,9,13-14H,5-8,10-12H2,1-2H3,(H,23,27). The zero-order valence-electron chi connectivity index (χ0n) is 16.3. The van der Waals surface area contributed by atoms with Crippen molar-refractivity contribution in [3.63, 3.8) is 0 Å². The Hall–Kier alpha value is -2.32. The van der Waals surface area contributed by atoms with Crippen LogP contribution in [0.15, 0.2) is 28.9 Å². The largest absolute Gasteiger partial charge is 0.447 e. The van der Waals surface area contributed by atoms with E-state index in [-0.39, 0.29) is 5.91 Å². The molecule has 1 N–H and O–H groups in total. The van der Waals surface area contributed by atoms with Gasteiger partial charge in [0.15, 0.2) is 17.3 Å². The highest BCUT2D eigenvalue weighted by Gasteiger charge is 2.20. The molecule has 0 aliphatic carbocycles. The van der Waals surface area contributed by atoms with Crippen LogP contribution in [-0.4, -0.2) is 53.4 Å². The van der Waals surface area contributed by atoms with Gasteiger partial charge in [-0.3, -0.25) is 14.6 Å². The van der Waals surface area contributed by atoms with E-state index in [0.29, 0.717) is 37.1 Å². The summed E-state index contributed by atoms with van der Waals surface area (Å²) in [4.78, 5) is 20.7. The number of benzene rings is 1. The smallest absolute Gasteiger partial charge is 0.273 e. The van der Waals surface area contributed by atoms with Crippen molar-refractivity contribution in [3.05, 3.63) is 53.2 Å². The van der Waals surface area contributed by atoms with Gasteiger partial charge < -0.3 is 9.73 Å². The van der Waals surface area contributed by atoms with Crippen LogP contribution in [0.1, 0.15) is 35.8 Å². The molecule has 6 nitrogen and oxygen atoms in total. The summed E-state index contributed by atoms with van der Waals surface area (Å²) in [6.07, 6.45) is 1.39. The Bertz CT molecular complexity index is 801. The zero-order chi connectivity index (χ0) is 20.1.